The number of anilines is 1. The first-order valence-corrected chi connectivity index (χ1v) is 5.26. The second-order valence-corrected chi connectivity index (χ2v) is 5.75. The van der Waals surface area contributed by atoms with Crippen molar-refractivity contribution in [2.75, 3.05) is 5.73 Å². The summed E-state index contributed by atoms with van der Waals surface area (Å²) in [5.74, 6) is 0. The fourth-order valence-electron chi connectivity index (χ4n) is 1.000. The average Bonchev–Trinajstić information content (AvgIpc) is 2.29. The second-order valence-electron chi connectivity index (χ2n) is 3.58. The van der Waals surface area contributed by atoms with Crippen LogP contribution in [-0.4, -0.2) is 5.71 Å². The van der Waals surface area contributed by atoms with Crippen molar-refractivity contribution in [1.29, 1.82) is 5.41 Å². The zero-order chi connectivity index (χ0) is 10.2. The van der Waals surface area contributed by atoms with Crippen LogP contribution in [0, 0.1) is 5.41 Å². The number of nitrogens with two attached hydrogens (primary N) is 1. The van der Waals surface area contributed by atoms with E-state index in [-0.39, 0.29) is 4.75 Å². The fraction of sp³-hybridized carbons (Fsp3) is 0.444. The zero-order valence-electron chi connectivity index (χ0n) is 8.01. The maximum absolute atomic E-state index is 7.50. The van der Waals surface area contributed by atoms with Gasteiger partial charge in [-0.3, -0.25) is 0 Å². The Hall–Kier alpha value is -0.480. The molecule has 1 aromatic rings. The number of hydrogen-bond donors (Lipinski definition) is 3. The molecule has 3 N–H and O–H groups in total. The lowest BCUT2D eigenvalue weighted by molar-refractivity contribution is 0.812. The quantitative estimate of drug-likeness (QED) is 0.514. The number of hydrogen-bond acceptors (Lipinski definition) is 4. The first kappa shape index (κ1) is 10.6. The van der Waals surface area contributed by atoms with Crippen molar-refractivity contribution < 1.29 is 0 Å². The Balaban J connectivity index is 3.17. The standard InChI is InChI=1S/C9H14N2S2/c1-5(10)8-6(11)4-7(13-8)9(2,3)12/h4,10,12H,11H2,1-3H3. The number of thiophene rings is 1. The van der Waals surface area contributed by atoms with E-state index in [9.17, 15) is 0 Å². The molecule has 1 heterocycles. The molecule has 0 saturated carbocycles. The van der Waals surface area contributed by atoms with E-state index in [0.29, 0.717) is 11.4 Å². The number of rotatable bonds is 2. The van der Waals surface area contributed by atoms with E-state index in [1.807, 2.05) is 19.9 Å². The van der Waals surface area contributed by atoms with Crippen LogP contribution < -0.4 is 5.73 Å². The van der Waals surface area contributed by atoms with E-state index < -0.39 is 0 Å². The molecule has 0 amide bonds. The topological polar surface area (TPSA) is 49.9 Å². The molecular formula is C9H14N2S2. The van der Waals surface area contributed by atoms with Crippen molar-refractivity contribution in [3.05, 3.63) is 15.8 Å². The highest BCUT2D eigenvalue weighted by Gasteiger charge is 2.19. The predicted octanol–water partition coefficient (Wildman–Crippen LogP) is 2.88. The Morgan fingerprint density at radius 3 is 2.38 bits per heavy atom. The smallest absolute Gasteiger partial charge is 0.0708 e. The molecule has 0 atom stereocenters. The van der Waals surface area contributed by atoms with Gasteiger partial charge >= 0.3 is 0 Å². The van der Waals surface area contributed by atoms with Crippen molar-refractivity contribution >= 4 is 35.4 Å². The Morgan fingerprint density at radius 2 is 2.15 bits per heavy atom. The van der Waals surface area contributed by atoms with E-state index in [4.69, 9.17) is 11.1 Å². The van der Waals surface area contributed by atoms with E-state index in [1.165, 1.54) is 0 Å². The van der Waals surface area contributed by atoms with Crippen molar-refractivity contribution in [2.24, 2.45) is 0 Å². The maximum Gasteiger partial charge on any atom is 0.0708 e. The molecular weight excluding hydrogens is 200 g/mol. The molecule has 0 aliphatic heterocycles. The largest absolute Gasteiger partial charge is 0.397 e. The summed E-state index contributed by atoms with van der Waals surface area (Å²) in [6.07, 6.45) is 0. The number of nitrogen functional groups attached to an aromatic ring is 1. The van der Waals surface area contributed by atoms with E-state index in [2.05, 4.69) is 12.6 Å². The molecule has 0 aliphatic carbocycles. The summed E-state index contributed by atoms with van der Waals surface area (Å²) >= 11 is 6.01. The lowest BCUT2D eigenvalue weighted by atomic mass is 10.1. The molecule has 72 valence electrons. The van der Waals surface area contributed by atoms with Crippen molar-refractivity contribution in [3.63, 3.8) is 0 Å². The minimum absolute atomic E-state index is 0.174. The van der Waals surface area contributed by atoms with Crippen molar-refractivity contribution in [1.82, 2.24) is 0 Å². The van der Waals surface area contributed by atoms with Crippen molar-refractivity contribution in [2.45, 2.75) is 25.5 Å². The Bertz CT molecular complexity index is 334. The van der Waals surface area contributed by atoms with Gasteiger partial charge in [-0.1, -0.05) is 0 Å². The Labute approximate surface area is 88.1 Å². The van der Waals surface area contributed by atoms with E-state index >= 15 is 0 Å². The molecule has 0 bridgehead atoms. The van der Waals surface area contributed by atoms with Crippen LogP contribution in [0.4, 0.5) is 5.69 Å². The van der Waals surface area contributed by atoms with Gasteiger partial charge in [-0.25, -0.2) is 0 Å². The summed E-state index contributed by atoms with van der Waals surface area (Å²) in [5.41, 5.74) is 6.98. The second kappa shape index (κ2) is 3.35. The zero-order valence-corrected chi connectivity index (χ0v) is 9.72. The molecule has 13 heavy (non-hydrogen) atoms. The Kier molecular flexibility index (Phi) is 2.73. The highest BCUT2D eigenvalue weighted by Crippen LogP contribution is 2.36. The molecule has 4 heteroatoms. The van der Waals surface area contributed by atoms with Gasteiger partial charge in [0.2, 0.25) is 0 Å². The van der Waals surface area contributed by atoms with Gasteiger partial charge in [0.25, 0.3) is 0 Å². The molecule has 0 fully saturated rings. The van der Waals surface area contributed by atoms with Crippen LogP contribution in [-0.2, 0) is 4.75 Å². The number of thiol groups is 1. The molecule has 0 saturated heterocycles. The highest BCUT2D eigenvalue weighted by atomic mass is 32.1. The highest BCUT2D eigenvalue weighted by molar-refractivity contribution is 7.81. The van der Waals surface area contributed by atoms with Crippen LogP contribution in [0.3, 0.4) is 0 Å². The minimum Gasteiger partial charge on any atom is -0.397 e. The molecule has 0 radical (unpaired) electrons. The molecule has 0 unspecified atom stereocenters. The van der Waals surface area contributed by atoms with Gasteiger partial charge in [-0.15, -0.1) is 11.3 Å². The molecule has 0 aromatic carbocycles. The third kappa shape index (κ3) is 2.25. The average molecular weight is 214 g/mol. The monoisotopic (exact) mass is 214 g/mol. The summed E-state index contributed by atoms with van der Waals surface area (Å²) in [5, 5.41) is 7.50. The lowest BCUT2D eigenvalue weighted by Crippen LogP contribution is -2.04. The molecule has 2 nitrogen and oxygen atoms in total. The lowest BCUT2D eigenvalue weighted by Gasteiger charge is -2.13. The number of nitrogens with one attached hydrogen (secondary N) is 1. The van der Waals surface area contributed by atoms with Crippen LogP contribution in [0.5, 0.6) is 0 Å². The molecule has 0 spiro atoms. The van der Waals surface area contributed by atoms with E-state index in [1.54, 1.807) is 18.3 Å². The predicted molar refractivity (Wildman–Crippen MR) is 63.2 cm³/mol. The van der Waals surface area contributed by atoms with Gasteiger partial charge < -0.3 is 11.1 Å². The van der Waals surface area contributed by atoms with Gasteiger partial charge in [-0.05, 0) is 26.8 Å². The molecule has 0 aliphatic rings. The van der Waals surface area contributed by atoms with Gasteiger partial charge in [-0.2, -0.15) is 12.6 Å². The third-order valence-electron chi connectivity index (χ3n) is 1.70. The summed E-state index contributed by atoms with van der Waals surface area (Å²) in [7, 11) is 0. The summed E-state index contributed by atoms with van der Waals surface area (Å²) in [4.78, 5) is 1.96. The van der Waals surface area contributed by atoms with Gasteiger partial charge in [0.15, 0.2) is 0 Å². The third-order valence-corrected chi connectivity index (χ3v) is 3.69. The van der Waals surface area contributed by atoms with Crippen LogP contribution in [0.15, 0.2) is 6.07 Å². The summed E-state index contributed by atoms with van der Waals surface area (Å²) in [6, 6.07) is 1.91. The van der Waals surface area contributed by atoms with Gasteiger partial charge in [0.05, 0.1) is 10.6 Å². The van der Waals surface area contributed by atoms with Gasteiger partial charge in [0, 0.05) is 15.3 Å². The minimum atomic E-state index is -0.174. The van der Waals surface area contributed by atoms with Gasteiger partial charge in [0.1, 0.15) is 0 Å². The van der Waals surface area contributed by atoms with Crippen LogP contribution in [0.2, 0.25) is 0 Å². The SMILES string of the molecule is CC(=N)c1sc(C(C)(C)S)cc1N. The van der Waals surface area contributed by atoms with Crippen LogP contribution >= 0.6 is 24.0 Å². The van der Waals surface area contributed by atoms with Crippen LogP contribution in [0.25, 0.3) is 0 Å². The molecule has 1 aromatic heterocycles. The first-order valence-electron chi connectivity index (χ1n) is 4.00. The Morgan fingerprint density at radius 1 is 1.62 bits per heavy atom. The van der Waals surface area contributed by atoms with E-state index in [0.717, 1.165) is 9.75 Å². The van der Waals surface area contributed by atoms with Crippen LogP contribution in [0.1, 0.15) is 30.5 Å². The molecule has 1 rings (SSSR count). The first-order chi connectivity index (χ1) is 5.82. The maximum atomic E-state index is 7.50. The fourth-order valence-corrected chi connectivity index (χ4v) is 2.19. The summed E-state index contributed by atoms with van der Waals surface area (Å²) in [6.45, 7) is 5.78. The summed E-state index contributed by atoms with van der Waals surface area (Å²) < 4.78 is -0.174. The van der Waals surface area contributed by atoms with Crippen molar-refractivity contribution in [3.8, 4) is 0 Å². The normalized spacial score (nSPS) is 11.7.